The Morgan fingerprint density at radius 3 is 1.78 bits per heavy atom. The van der Waals surface area contributed by atoms with E-state index in [1.165, 1.54) is 38.3 Å². The Morgan fingerprint density at radius 2 is 0.978 bits per heavy atom. The fourth-order valence-corrected chi connectivity index (χ4v) is 7.17. The summed E-state index contributed by atoms with van der Waals surface area (Å²) in [6, 6.07) is 53.6. The normalized spacial score (nSPS) is 12.0. The van der Waals surface area contributed by atoms with Crippen molar-refractivity contribution in [2.45, 2.75) is 0 Å². The molecule has 0 radical (unpaired) electrons. The standard InChI is InChI=1S/C42H25NO2/c1-4-13-35-33(9-1)40-36(24-25-39-41(40)34-10-3-6-15-38(34)44-39)43(35)29-22-20-27(21-23-29)26-16-18-28(19-17-26)30-11-7-12-32-31-8-2-5-14-37(31)45-42(30)32/h1-25H. The van der Waals surface area contributed by atoms with Crippen LogP contribution < -0.4 is 0 Å². The summed E-state index contributed by atoms with van der Waals surface area (Å²) in [7, 11) is 0. The number of para-hydroxylation sites is 4. The Kier molecular flexibility index (Phi) is 5.00. The number of hydrogen-bond donors (Lipinski definition) is 0. The molecular formula is C42H25NO2. The molecule has 3 aromatic heterocycles. The molecule has 45 heavy (non-hydrogen) atoms. The maximum absolute atomic E-state index is 6.30. The first-order chi connectivity index (χ1) is 22.3. The molecule has 0 amide bonds. The van der Waals surface area contributed by atoms with Gasteiger partial charge in [-0.15, -0.1) is 0 Å². The lowest BCUT2D eigenvalue weighted by atomic mass is 9.98. The summed E-state index contributed by atoms with van der Waals surface area (Å²) in [5, 5.41) is 7.08. The number of fused-ring (bicyclic) bond motifs is 10. The summed E-state index contributed by atoms with van der Waals surface area (Å²) in [6.45, 7) is 0. The lowest BCUT2D eigenvalue weighted by Crippen LogP contribution is -1.93. The third kappa shape index (κ3) is 3.52. The Balaban J connectivity index is 1.06. The predicted octanol–water partition coefficient (Wildman–Crippen LogP) is 11.9. The molecule has 0 unspecified atom stereocenters. The van der Waals surface area contributed by atoms with Crippen LogP contribution in [0.5, 0.6) is 0 Å². The van der Waals surface area contributed by atoms with E-state index in [0.717, 1.165) is 55.3 Å². The van der Waals surface area contributed by atoms with E-state index in [9.17, 15) is 0 Å². The highest BCUT2D eigenvalue weighted by molar-refractivity contribution is 6.27. The van der Waals surface area contributed by atoms with Gasteiger partial charge in [0, 0.05) is 43.6 Å². The number of rotatable bonds is 3. The van der Waals surface area contributed by atoms with Crippen molar-refractivity contribution in [3.05, 3.63) is 152 Å². The lowest BCUT2D eigenvalue weighted by Gasteiger charge is -2.10. The SMILES string of the molecule is c1ccc2c(c1)oc1c(-c3ccc(-c4ccc(-n5c6ccccc6c6c7c(ccc65)oc5ccccc57)cc4)cc3)cccc12. The molecule has 0 spiro atoms. The van der Waals surface area contributed by atoms with Gasteiger partial charge >= 0.3 is 0 Å². The molecule has 3 heteroatoms. The largest absolute Gasteiger partial charge is 0.456 e. The summed E-state index contributed by atoms with van der Waals surface area (Å²) in [5.41, 5.74) is 11.8. The Morgan fingerprint density at radius 1 is 0.356 bits per heavy atom. The van der Waals surface area contributed by atoms with Gasteiger partial charge in [0.15, 0.2) is 0 Å². The van der Waals surface area contributed by atoms with E-state index < -0.39 is 0 Å². The van der Waals surface area contributed by atoms with Crippen LogP contribution in [0.2, 0.25) is 0 Å². The van der Waals surface area contributed by atoms with Crippen LogP contribution in [0, 0.1) is 0 Å². The van der Waals surface area contributed by atoms with Crippen LogP contribution in [-0.2, 0) is 0 Å². The number of nitrogens with zero attached hydrogens (tertiary/aromatic N) is 1. The van der Waals surface area contributed by atoms with Crippen LogP contribution in [0.25, 0.3) is 93.6 Å². The summed E-state index contributed by atoms with van der Waals surface area (Å²) >= 11 is 0. The molecular weight excluding hydrogens is 550 g/mol. The molecule has 0 aliphatic rings. The van der Waals surface area contributed by atoms with Crippen molar-refractivity contribution in [3.8, 4) is 27.9 Å². The zero-order chi connectivity index (χ0) is 29.5. The van der Waals surface area contributed by atoms with E-state index in [1.54, 1.807) is 0 Å². The highest BCUT2D eigenvalue weighted by atomic mass is 16.3. The van der Waals surface area contributed by atoms with Gasteiger partial charge in [0.25, 0.3) is 0 Å². The second-order valence-corrected chi connectivity index (χ2v) is 11.7. The van der Waals surface area contributed by atoms with Crippen molar-refractivity contribution in [1.29, 1.82) is 0 Å². The maximum Gasteiger partial charge on any atom is 0.143 e. The molecule has 3 nitrogen and oxygen atoms in total. The van der Waals surface area contributed by atoms with Crippen LogP contribution in [0.3, 0.4) is 0 Å². The van der Waals surface area contributed by atoms with Gasteiger partial charge in [-0.05, 0) is 59.2 Å². The lowest BCUT2D eigenvalue weighted by molar-refractivity contribution is 0.669. The van der Waals surface area contributed by atoms with Gasteiger partial charge in [-0.1, -0.05) is 109 Å². The highest BCUT2D eigenvalue weighted by Crippen LogP contribution is 2.41. The van der Waals surface area contributed by atoms with Crippen LogP contribution in [0.1, 0.15) is 0 Å². The van der Waals surface area contributed by atoms with E-state index in [4.69, 9.17) is 8.83 Å². The van der Waals surface area contributed by atoms with Crippen molar-refractivity contribution in [3.63, 3.8) is 0 Å². The smallest absolute Gasteiger partial charge is 0.143 e. The molecule has 10 rings (SSSR count). The fraction of sp³-hybridized carbons (Fsp3) is 0. The molecule has 0 aliphatic heterocycles. The van der Waals surface area contributed by atoms with Crippen LogP contribution >= 0.6 is 0 Å². The number of aromatic nitrogens is 1. The Labute approximate surface area is 258 Å². The first-order valence-corrected chi connectivity index (χ1v) is 15.3. The van der Waals surface area contributed by atoms with Gasteiger partial charge in [-0.2, -0.15) is 0 Å². The molecule has 0 atom stereocenters. The molecule has 0 aliphatic carbocycles. The number of furan rings is 2. The van der Waals surface area contributed by atoms with E-state index in [-0.39, 0.29) is 0 Å². The molecule has 210 valence electrons. The van der Waals surface area contributed by atoms with Gasteiger partial charge in [-0.3, -0.25) is 0 Å². The predicted molar refractivity (Wildman–Crippen MR) is 186 cm³/mol. The summed E-state index contributed by atoms with van der Waals surface area (Å²) in [6.07, 6.45) is 0. The topological polar surface area (TPSA) is 31.2 Å². The monoisotopic (exact) mass is 575 g/mol. The second kappa shape index (κ2) is 9.22. The minimum absolute atomic E-state index is 0.918. The minimum atomic E-state index is 0.918. The molecule has 0 N–H and O–H groups in total. The van der Waals surface area contributed by atoms with Crippen molar-refractivity contribution >= 4 is 65.7 Å². The molecule has 0 saturated heterocycles. The van der Waals surface area contributed by atoms with E-state index in [1.807, 2.05) is 24.3 Å². The number of hydrogen-bond acceptors (Lipinski definition) is 2. The average molecular weight is 576 g/mol. The Hall–Kier alpha value is -6.06. The molecule has 0 fully saturated rings. The minimum Gasteiger partial charge on any atom is -0.456 e. The zero-order valence-corrected chi connectivity index (χ0v) is 24.2. The van der Waals surface area contributed by atoms with Gasteiger partial charge in [0.05, 0.1) is 11.0 Å². The van der Waals surface area contributed by atoms with Gasteiger partial charge < -0.3 is 13.4 Å². The first kappa shape index (κ1) is 24.4. The fourth-order valence-electron chi connectivity index (χ4n) is 7.17. The van der Waals surface area contributed by atoms with Crippen LogP contribution in [0.15, 0.2) is 160 Å². The highest BCUT2D eigenvalue weighted by Gasteiger charge is 2.18. The summed E-state index contributed by atoms with van der Waals surface area (Å²) in [4.78, 5) is 0. The van der Waals surface area contributed by atoms with Gasteiger partial charge in [0.1, 0.15) is 22.3 Å². The second-order valence-electron chi connectivity index (χ2n) is 11.7. The third-order valence-corrected chi connectivity index (χ3v) is 9.24. The van der Waals surface area contributed by atoms with Gasteiger partial charge in [0.2, 0.25) is 0 Å². The van der Waals surface area contributed by atoms with Crippen LogP contribution in [-0.4, -0.2) is 4.57 Å². The summed E-state index contributed by atoms with van der Waals surface area (Å²) in [5.74, 6) is 0. The van der Waals surface area contributed by atoms with E-state index in [0.29, 0.717) is 0 Å². The average Bonchev–Trinajstić information content (AvgIpc) is 3.78. The molecule has 3 heterocycles. The van der Waals surface area contributed by atoms with Gasteiger partial charge in [-0.25, -0.2) is 0 Å². The quantitative estimate of drug-likeness (QED) is 0.210. The summed E-state index contributed by atoms with van der Waals surface area (Å²) < 4.78 is 14.9. The van der Waals surface area contributed by atoms with E-state index in [2.05, 4.69) is 132 Å². The Bertz CT molecular complexity index is 2740. The van der Waals surface area contributed by atoms with E-state index >= 15 is 0 Å². The maximum atomic E-state index is 6.30. The first-order valence-electron chi connectivity index (χ1n) is 15.3. The molecule has 10 aromatic rings. The van der Waals surface area contributed by atoms with Crippen LogP contribution in [0.4, 0.5) is 0 Å². The third-order valence-electron chi connectivity index (χ3n) is 9.24. The van der Waals surface area contributed by atoms with Crippen molar-refractivity contribution < 1.29 is 8.83 Å². The number of benzene rings is 7. The molecule has 7 aromatic carbocycles. The molecule has 0 bridgehead atoms. The van der Waals surface area contributed by atoms with Crippen molar-refractivity contribution in [2.24, 2.45) is 0 Å². The zero-order valence-electron chi connectivity index (χ0n) is 24.2. The van der Waals surface area contributed by atoms with Crippen molar-refractivity contribution in [1.82, 2.24) is 4.57 Å². The molecule has 0 saturated carbocycles. The van der Waals surface area contributed by atoms with Crippen molar-refractivity contribution in [2.75, 3.05) is 0 Å².